The molecule has 0 saturated carbocycles. The van der Waals surface area contributed by atoms with Gasteiger partial charge in [0.25, 0.3) is 0 Å². The lowest BCUT2D eigenvalue weighted by molar-refractivity contribution is -0.137. The molecule has 0 bridgehead atoms. The summed E-state index contributed by atoms with van der Waals surface area (Å²) < 4.78 is 64.1. The van der Waals surface area contributed by atoms with Gasteiger partial charge in [0.05, 0.1) is 11.3 Å². The number of halogens is 3. The molecule has 0 aliphatic heterocycles. The number of sulfonamides is 1. The summed E-state index contributed by atoms with van der Waals surface area (Å²) in [6.07, 6.45) is -2.35. The van der Waals surface area contributed by atoms with Crippen molar-refractivity contribution < 1.29 is 21.6 Å². The van der Waals surface area contributed by atoms with Gasteiger partial charge in [0.15, 0.2) is 0 Å². The van der Waals surface area contributed by atoms with Crippen LogP contribution in [0.3, 0.4) is 0 Å². The highest BCUT2D eigenvalue weighted by Crippen LogP contribution is 2.29. The average molecular weight is 358 g/mol. The summed E-state index contributed by atoms with van der Waals surface area (Å²) in [6, 6.07) is 10.1. The number of rotatable bonds is 7. The van der Waals surface area contributed by atoms with Crippen LogP contribution in [0.2, 0.25) is 0 Å². The molecule has 1 aromatic heterocycles. The number of benzene rings is 1. The molecule has 0 atom stereocenters. The lowest BCUT2D eigenvalue weighted by atomic mass is 10.1. The lowest BCUT2D eigenvalue weighted by Crippen LogP contribution is -2.29. The minimum Gasteiger partial charge on any atom is -0.261 e. The zero-order chi connectivity index (χ0) is 17.6. The second-order valence-electron chi connectivity index (χ2n) is 5.23. The standard InChI is InChI=1S/C16H17F3N2O2S/c17-16(18,19)14-5-3-4-13(12-14)7-10-21-24(22,23)11-8-15-6-1-2-9-20-15/h1-6,9,12,21H,7-8,10-11H2. The van der Waals surface area contributed by atoms with E-state index in [9.17, 15) is 21.6 Å². The quantitative estimate of drug-likeness (QED) is 0.828. The molecule has 2 aromatic rings. The van der Waals surface area contributed by atoms with Crippen molar-refractivity contribution in [1.29, 1.82) is 0 Å². The molecule has 1 heterocycles. The van der Waals surface area contributed by atoms with E-state index in [1.807, 2.05) is 0 Å². The minimum absolute atomic E-state index is 0.0475. The fraction of sp³-hybridized carbons (Fsp3) is 0.312. The Balaban J connectivity index is 1.85. The van der Waals surface area contributed by atoms with Crippen molar-refractivity contribution in [3.05, 3.63) is 65.5 Å². The van der Waals surface area contributed by atoms with Crippen molar-refractivity contribution in [2.24, 2.45) is 0 Å². The van der Waals surface area contributed by atoms with Crippen molar-refractivity contribution in [2.75, 3.05) is 12.3 Å². The molecule has 2 rings (SSSR count). The largest absolute Gasteiger partial charge is 0.416 e. The number of nitrogens with one attached hydrogen (secondary N) is 1. The third-order valence-electron chi connectivity index (χ3n) is 3.34. The fourth-order valence-corrected chi connectivity index (χ4v) is 3.15. The van der Waals surface area contributed by atoms with E-state index in [0.717, 1.165) is 12.1 Å². The molecular formula is C16H17F3N2O2S. The third kappa shape index (κ3) is 5.93. The van der Waals surface area contributed by atoms with E-state index >= 15 is 0 Å². The number of hydrogen-bond donors (Lipinski definition) is 1. The Kier molecular flexibility index (Phi) is 5.95. The minimum atomic E-state index is -4.40. The molecule has 0 radical (unpaired) electrons. The second kappa shape index (κ2) is 7.76. The van der Waals surface area contributed by atoms with E-state index in [4.69, 9.17) is 0 Å². The number of alkyl halides is 3. The van der Waals surface area contributed by atoms with Crippen LogP contribution in [-0.2, 0) is 29.0 Å². The van der Waals surface area contributed by atoms with Crippen LogP contribution in [0.1, 0.15) is 16.8 Å². The van der Waals surface area contributed by atoms with Crippen LogP contribution in [0, 0.1) is 0 Å². The number of aromatic nitrogens is 1. The Hall–Kier alpha value is -1.93. The van der Waals surface area contributed by atoms with Gasteiger partial charge in [-0.25, -0.2) is 13.1 Å². The van der Waals surface area contributed by atoms with Gasteiger partial charge in [-0.15, -0.1) is 0 Å². The summed E-state index contributed by atoms with van der Waals surface area (Å²) in [5, 5.41) is 0. The van der Waals surface area contributed by atoms with E-state index in [1.54, 1.807) is 24.4 Å². The van der Waals surface area contributed by atoms with Crippen LogP contribution >= 0.6 is 0 Å². The van der Waals surface area contributed by atoms with Crippen molar-refractivity contribution in [2.45, 2.75) is 19.0 Å². The molecule has 0 spiro atoms. The number of hydrogen-bond acceptors (Lipinski definition) is 3. The molecule has 0 amide bonds. The van der Waals surface area contributed by atoms with E-state index in [1.165, 1.54) is 12.1 Å². The number of pyridine rings is 1. The summed E-state index contributed by atoms with van der Waals surface area (Å²) in [7, 11) is -3.50. The van der Waals surface area contributed by atoms with Gasteiger partial charge in [-0.3, -0.25) is 4.98 Å². The topological polar surface area (TPSA) is 59.1 Å². The number of aryl methyl sites for hydroxylation is 1. The molecule has 1 N–H and O–H groups in total. The maximum atomic E-state index is 12.6. The molecule has 0 aliphatic rings. The first kappa shape index (κ1) is 18.4. The highest BCUT2D eigenvalue weighted by atomic mass is 32.2. The number of nitrogens with zero attached hydrogens (tertiary/aromatic N) is 1. The maximum absolute atomic E-state index is 12.6. The molecule has 0 aliphatic carbocycles. The Morgan fingerprint density at radius 3 is 2.50 bits per heavy atom. The molecule has 0 saturated heterocycles. The first-order valence-corrected chi connectivity index (χ1v) is 8.95. The van der Waals surface area contributed by atoms with E-state index in [2.05, 4.69) is 9.71 Å². The summed E-state index contributed by atoms with van der Waals surface area (Å²) in [6.45, 7) is 0.0475. The van der Waals surface area contributed by atoms with Gasteiger partial charge in [-0.05, 0) is 30.2 Å². The van der Waals surface area contributed by atoms with Gasteiger partial charge in [-0.1, -0.05) is 24.3 Å². The fourth-order valence-electron chi connectivity index (χ4n) is 2.11. The third-order valence-corrected chi connectivity index (χ3v) is 4.73. The maximum Gasteiger partial charge on any atom is 0.416 e. The van der Waals surface area contributed by atoms with Crippen molar-refractivity contribution >= 4 is 10.0 Å². The van der Waals surface area contributed by atoms with Crippen LogP contribution in [-0.4, -0.2) is 25.7 Å². The van der Waals surface area contributed by atoms with Crippen LogP contribution in [0.5, 0.6) is 0 Å². The summed E-state index contributed by atoms with van der Waals surface area (Å²) >= 11 is 0. The Morgan fingerprint density at radius 1 is 1.04 bits per heavy atom. The molecule has 24 heavy (non-hydrogen) atoms. The second-order valence-corrected chi connectivity index (χ2v) is 7.16. The highest BCUT2D eigenvalue weighted by Gasteiger charge is 2.30. The molecule has 4 nitrogen and oxygen atoms in total. The first-order chi connectivity index (χ1) is 11.3. The predicted molar refractivity (Wildman–Crippen MR) is 84.9 cm³/mol. The Bertz CT molecular complexity index is 762. The molecule has 130 valence electrons. The summed E-state index contributed by atoms with van der Waals surface area (Å²) in [5.74, 6) is -0.118. The van der Waals surface area contributed by atoms with E-state index < -0.39 is 21.8 Å². The molecule has 1 aromatic carbocycles. The highest BCUT2D eigenvalue weighted by molar-refractivity contribution is 7.89. The van der Waals surface area contributed by atoms with Gasteiger partial charge in [0.1, 0.15) is 0 Å². The van der Waals surface area contributed by atoms with Crippen LogP contribution in [0.15, 0.2) is 48.7 Å². The molecule has 0 unspecified atom stereocenters. The van der Waals surface area contributed by atoms with Gasteiger partial charge in [-0.2, -0.15) is 13.2 Å². The van der Waals surface area contributed by atoms with Gasteiger partial charge >= 0.3 is 6.18 Å². The molecule has 0 fully saturated rings. The Labute approximate surface area is 138 Å². The van der Waals surface area contributed by atoms with Gasteiger partial charge in [0.2, 0.25) is 10.0 Å². The Morgan fingerprint density at radius 2 is 1.83 bits per heavy atom. The van der Waals surface area contributed by atoms with Crippen molar-refractivity contribution in [1.82, 2.24) is 9.71 Å². The zero-order valence-electron chi connectivity index (χ0n) is 12.8. The van der Waals surface area contributed by atoms with Crippen molar-refractivity contribution in [3.8, 4) is 0 Å². The summed E-state index contributed by atoms with van der Waals surface area (Å²) in [5.41, 5.74) is 0.357. The predicted octanol–water partition coefficient (Wildman–Crippen LogP) is 2.81. The normalized spacial score (nSPS) is 12.3. The zero-order valence-corrected chi connectivity index (χ0v) is 13.6. The lowest BCUT2D eigenvalue weighted by Gasteiger charge is -2.09. The smallest absolute Gasteiger partial charge is 0.261 e. The molecular weight excluding hydrogens is 341 g/mol. The van der Waals surface area contributed by atoms with Crippen LogP contribution in [0.25, 0.3) is 0 Å². The van der Waals surface area contributed by atoms with Crippen LogP contribution in [0.4, 0.5) is 13.2 Å². The monoisotopic (exact) mass is 358 g/mol. The average Bonchev–Trinajstić information content (AvgIpc) is 2.53. The van der Waals surface area contributed by atoms with Crippen molar-refractivity contribution in [3.63, 3.8) is 0 Å². The SMILES string of the molecule is O=S(=O)(CCc1ccccn1)NCCc1cccc(C(F)(F)F)c1. The van der Waals surface area contributed by atoms with E-state index in [-0.39, 0.29) is 25.1 Å². The first-order valence-electron chi connectivity index (χ1n) is 7.30. The van der Waals surface area contributed by atoms with Gasteiger partial charge in [0, 0.05) is 24.9 Å². The van der Waals surface area contributed by atoms with Crippen LogP contribution < -0.4 is 4.72 Å². The van der Waals surface area contributed by atoms with Gasteiger partial charge < -0.3 is 0 Å². The van der Waals surface area contributed by atoms with E-state index in [0.29, 0.717) is 11.3 Å². The summed E-state index contributed by atoms with van der Waals surface area (Å²) in [4.78, 5) is 4.04. The molecule has 8 heteroatoms.